The smallest absolute Gasteiger partial charge is 0.290 e. The maximum atomic E-state index is 12.0. The third-order valence-electron chi connectivity index (χ3n) is 2.98. The van der Waals surface area contributed by atoms with Crippen molar-refractivity contribution in [1.82, 2.24) is 5.32 Å². The van der Waals surface area contributed by atoms with E-state index < -0.39 is 18.2 Å². The highest BCUT2D eigenvalue weighted by molar-refractivity contribution is 5.78. The van der Waals surface area contributed by atoms with Crippen molar-refractivity contribution in [3.63, 3.8) is 0 Å². The van der Waals surface area contributed by atoms with Crippen molar-refractivity contribution >= 4 is 5.91 Å². The van der Waals surface area contributed by atoms with E-state index in [1.54, 1.807) is 12.1 Å². The van der Waals surface area contributed by atoms with Gasteiger partial charge in [-0.1, -0.05) is 12.1 Å². The van der Waals surface area contributed by atoms with Gasteiger partial charge in [-0.3, -0.25) is 10.1 Å². The number of amides is 1. The van der Waals surface area contributed by atoms with Gasteiger partial charge in [0.1, 0.15) is 12.0 Å². The molecule has 8 nitrogen and oxygen atoms in total. The molecule has 0 radical (unpaired) electrons. The number of rotatable bonds is 9. The Labute approximate surface area is 122 Å². The highest BCUT2D eigenvalue weighted by Gasteiger charge is 2.30. The molecule has 0 saturated carbocycles. The van der Waals surface area contributed by atoms with E-state index in [0.29, 0.717) is 17.7 Å². The van der Waals surface area contributed by atoms with Crippen LogP contribution in [0.5, 0.6) is 5.75 Å². The normalized spacial score (nSPS) is 12.3. The number of carbonyl (C=O) groups is 1. The SMILES string of the molecule is NC(=O)C(Cc1ccc(O)cc1)[N+](=O)CCCNC(N)N. The number of hydrogen-bond donors (Lipinski definition) is 5. The molecule has 0 fully saturated rings. The number of benzene rings is 1. The van der Waals surface area contributed by atoms with Crippen LogP contribution >= 0.6 is 0 Å². The van der Waals surface area contributed by atoms with E-state index in [9.17, 15) is 14.8 Å². The standard InChI is InChI=1S/C13H21N5O3/c14-12(20)11(8-9-2-4-10(19)5-3-9)18(21)7-1-6-17-13(15)16/h2-5,11,13,17H,1,6-8,15-16H2,(H2-,14,19,20)/p+1. The van der Waals surface area contributed by atoms with Gasteiger partial charge in [-0.15, -0.1) is 0 Å². The van der Waals surface area contributed by atoms with E-state index in [1.807, 2.05) is 0 Å². The van der Waals surface area contributed by atoms with Crippen molar-refractivity contribution in [3.05, 3.63) is 34.7 Å². The van der Waals surface area contributed by atoms with Crippen molar-refractivity contribution in [2.45, 2.75) is 25.2 Å². The minimum Gasteiger partial charge on any atom is -0.508 e. The number of nitroso groups, excluding NO2 is 1. The van der Waals surface area contributed by atoms with Gasteiger partial charge in [-0.25, -0.2) is 0 Å². The Morgan fingerprint density at radius 1 is 1.29 bits per heavy atom. The molecule has 1 aromatic carbocycles. The lowest BCUT2D eigenvalue weighted by molar-refractivity contribution is -0.572. The van der Waals surface area contributed by atoms with Crippen molar-refractivity contribution in [1.29, 1.82) is 0 Å². The predicted octanol–water partition coefficient (Wildman–Crippen LogP) is -1.25. The first-order valence-corrected chi connectivity index (χ1v) is 6.65. The lowest BCUT2D eigenvalue weighted by Gasteiger charge is -2.08. The van der Waals surface area contributed by atoms with Crippen LogP contribution in [0.15, 0.2) is 24.3 Å². The van der Waals surface area contributed by atoms with Crippen LogP contribution in [0.1, 0.15) is 12.0 Å². The van der Waals surface area contributed by atoms with Gasteiger partial charge in [-0.05, 0) is 17.7 Å². The van der Waals surface area contributed by atoms with Crippen LogP contribution in [0, 0.1) is 4.91 Å². The Bertz CT molecular complexity index is 475. The first-order valence-electron chi connectivity index (χ1n) is 6.65. The molecular formula is C13H22N5O3+. The zero-order valence-electron chi connectivity index (χ0n) is 11.7. The lowest BCUT2D eigenvalue weighted by Crippen LogP contribution is -2.46. The molecule has 116 valence electrons. The number of phenolic OH excluding ortho intramolecular Hbond substituents is 1. The van der Waals surface area contributed by atoms with Gasteiger partial charge in [-0.2, -0.15) is 0 Å². The summed E-state index contributed by atoms with van der Waals surface area (Å²) in [6.07, 6.45) is 0.0607. The molecule has 1 aromatic rings. The molecule has 1 rings (SSSR count). The molecule has 21 heavy (non-hydrogen) atoms. The summed E-state index contributed by atoms with van der Waals surface area (Å²) >= 11 is 0. The third-order valence-corrected chi connectivity index (χ3v) is 2.98. The lowest BCUT2D eigenvalue weighted by atomic mass is 10.1. The number of nitrogens with two attached hydrogens (primary N) is 3. The van der Waals surface area contributed by atoms with Gasteiger partial charge < -0.3 is 22.3 Å². The van der Waals surface area contributed by atoms with Gasteiger partial charge in [0, 0.05) is 29.1 Å². The number of aromatic hydroxyl groups is 1. The molecular weight excluding hydrogens is 274 g/mol. The average Bonchev–Trinajstić information content (AvgIpc) is 2.42. The molecule has 0 saturated heterocycles. The highest BCUT2D eigenvalue weighted by atomic mass is 16.3. The fourth-order valence-corrected chi connectivity index (χ4v) is 1.86. The maximum Gasteiger partial charge on any atom is 0.290 e. The summed E-state index contributed by atoms with van der Waals surface area (Å²) < 4.78 is 0.666. The van der Waals surface area contributed by atoms with Crippen molar-refractivity contribution < 1.29 is 14.7 Å². The van der Waals surface area contributed by atoms with Crippen LogP contribution < -0.4 is 22.5 Å². The second-order valence-electron chi connectivity index (χ2n) is 4.76. The molecule has 8 N–H and O–H groups in total. The molecule has 0 bridgehead atoms. The number of nitrogens with zero attached hydrogens (tertiary/aromatic N) is 1. The first-order chi connectivity index (χ1) is 9.90. The largest absolute Gasteiger partial charge is 0.508 e. The summed E-state index contributed by atoms with van der Waals surface area (Å²) in [6, 6.07) is 5.34. The first kappa shape index (κ1) is 17.0. The number of hydrogen-bond acceptors (Lipinski definition) is 6. The zero-order valence-corrected chi connectivity index (χ0v) is 11.7. The van der Waals surface area contributed by atoms with Crippen LogP contribution in [0.2, 0.25) is 0 Å². The molecule has 0 heterocycles. The van der Waals surface area contributed by atoms with Crippen molar-refractivity contribution in [2.24, 2.45) is 17.2 Å². The van der Waals surface area contributed by atoms with Gasteiger partial charge in [0.25, 0.3) is 11.9 Å². The molecule has 1 atom stereocenters. The summed E-state index contributed by atoms with van der Waals surface area (Å²) in [5.41, 5.74) is 16.7. The third kappa shape index (κ3) is 6.30. The molecule has 8 heteroatoms. The summed E-state index contributed by atoms with van der Waals surface area (Å²) in [5.74, 6) is -0.556. The summed E-state index contributed by atoms with van der Waals surface area (Å²) in [7, 11) is 0. The Hall–Kier alpha value is -2.03. The van der Waals surface area contributed by atoms with Crippen molar-refractivity contribution in [2.75, 3.05) is 13.1 Å². The topological polar surface area (TPSA) is 147 Å². The van der Waals surface area contributed by atoms with E-state index in [-0.39, 0.29) is 18.7 Å². The number of carbonyl (C=O) groups excluding carboxylic acids is 1. The molecule has 0 aliphatic rings. The van der Waals surface area contributed by atoms with E-state index in [4.69, 9.17) is 17.2 Å². The molecule has 0 aromatic heterocycles. The quantitative estimate of drug-likeness (QED) is 0.218. The number of nitrogens with one attached hydrogen (secondary N) is 1. The molecule has 1 amide bonds. The summed E-state index contributed by atoms with van der Waals surface area (Å²) in [6.45, 7) is 0.618. The molecule has 0 spiro atoms. The van der Waals surface area contributed by atoms with Gasteiger partial charge >= 0.3 is 0 Å². The van der Waals surface area contributed by atoms with Crippen molar-refractivity contribution in [3.8, 4) is 5.75 Å². The van der Waals surface area contributed by atoms with Gasteiger partial charge in [0.15, 0.2) is 6.54 Å². The highest BCUT2D eigenvalue weighted by Crippen LogP contribution is 2.12. The molecule has 1 unspecified atom stereocenters. The van der Waals surface area contributed by atoms with E-state index in [2.05, 4.69) is 5.32 Å². The summed E-state index contributed by atoms with van der Waals surface area (Å²) in [4.78, 5) is 23.4. The van der Waals surface area contributed by atoms with Gasteiger partial charge in [0.2, 0.25) is 0 Å². The van der Waals surface area contributed by atoms with Crippen LogP contribution in [-0.4, -0.2) is 41.2 Å². The number of phenols is 1. The predicted molar refractivity (Wildman–Crippen MR) is 78.1 cm³/mol. The fourth-order valence-electron chi connectivity index (χ4n) is 1.86. The average molecular weight is 296 g/mol. The van der Waals surface area contributed by atoms with Crippen LogP contribution in [0.25, 0.3) is 0 Å². The van der Waals surface area contributed by atoms with Crippen LogP contribution in [0.3, 0.4) is 0 Å². The number of primary amides is 1. The Morgan fingerprint density at radius 2 is 1.90 bits per heavy atom. The van der Waals surface area contributed by atoms with E-state index in [0.717, 1.165) is 5.56 Å². The zero-order chi connectivity index (χ0) is 15.8. The molecule has 0 aliphatic heterocycles. The fraction of sp³-hybridized carbons (Fsp3) is 0.462. The van der Waals surface area contributed by atoms with E-state index in [1.165, 1.54) is 12.1 Å². The Morgan fingerprint density at radius 3 is 2.43 bits per heavy atom. The van der Waals surface area contributed by atoms with Crippen LogP contribution in [0.4, 0.5) is 0 Å². The van der Waals surface area contributed by atoms with Gasteiger partial charge in [0.05, 0.1) is 0 Å². The Kier molecular flexibility index (Phi) is 6.73. The second kappa shape index (κ2) is 8.30. The van der Waals surface area contributed by atoms with E-state index >= 15 is 0 Å². The monoisotopic (exact) mass is 296 g/mol. The second-order valence-corrected chi connectivity index (χ2v) is 4.76. The molecule has 0 aliphatic carbocycles. The Balaban J connectivity index is 2.54. The minimum atomic E-state index is -0.943. The summed E-state index contributed by atoms with van der Waals surface area (Å²) in [5, 5.41) is 12.0. The van der Waals surface area contributed by atoms with Crippen LogP contribution in [-0.2, 0) is 11.2 Å². The maximum absolute atomic E-state index is 12.0. The minimum absolute atomic E-state index is 0.123.